The highest BCUT2D eigenvalue weighted by molar-refractivity contribution is 5.60. The van der Waals surface area contributed by atoms with E-state index in [0.29, 0.717) is 6.04 Å². The van der Waals surface area contributed by atoms with Crippen molar-refractivity contribution in [2.24, 2.45) is 11.3 Å². The van der Waals surface area contributed by atoms with Crippen LogP contribution in [0.2, 0.25) is 0 Å². The van der Waals surface area contributed by atoms with Crippen molar-refractivity contribution in [1.82, 2.24) is 4.90 Å². The van der Waals surface area contributed by atoms with Crippen LogP contribution >= 0.6 is 0 Å². The first-order valence-electron chi connectivity index (χ1n) is 7.16. The van der Waals surface area contributed by atoms with Crippen molar-refractivity contribution in [1.29, 1.82) is 0 Å². The second kappa shape index (κ2) is 6.53. The number of carbonyl (C=O) groups is 1. The molecule has 2 nitrogen and oxygen atoms in total. The van der Waals surface area contributed by atoms with E-state index in [9.17, 15) is 4.79 Å². The summed E-state index contributed by atoms with van der Waals surface area (Å²) in [7, 11) is 2.17. The van der Waals surface area contributed by atoms with Gasteiger partial charge in [-0.2, -0.15) is 0 Å². The largest absolute Gasteiger partial charge is 0.303 e. The lowest BCUT2D eigenvalue weighted by molar-refractivity contribution is -0.119. The van der Waals surface area contributed by atoms with Crippen LogP contribution in [0.5, 0.6) is 0 Å². The second-order valence-corrected chi connectivity index (χ2v) is 6.43. The van der Waals surface area contributed by atoms with Gasteiger partial charge in [-0.05, 0) is 39.2 Å². The monoisotopic (exact) mass is 239 g/mol. The third-order valence-corrected chi connectivity index (χ3v) is 4.23. The molecule has 0 aromatic rings. The minimum absolute atomic E-state index is 0.0434. The van der Waals surface area contributed by atoms with E-state index in [1.807, 2.05) is 0 Å². The number of rotatable bonds is 6. The van der Waals surface area contributed by atoms with E-state index in [-0.39, 0.29) is 5.41 Å². The predicted octanol–water partition coefficient (Wildman–Crippen LogP) is 3.50. The van der Waals surface area contributed by atoms with Gasteiger partial charge in [-0.25, -0.2) is 0 Å². The molecule has 1 rings (SSSR count). The molecule has 1 fully saturated rings. The van der Waals surface area contributed by atoms with Crippen LogP contribution in [0.1, 0.15) is 59.3 Å². The lowest BCUT2D eigenvalue weighted by Crippen LogP contribution is -2.42. The summed E-state index contributed by atoms with van der Waals surface area (Å²) in [5.41, 5.74) is -0.0434. The number of hydrogen-bond donors (Lipinski definition) is 0. The van der Waals surface area contributed by atoms with Crippen LogP contribution in [0.15, 0.2) is 0 Å². The molecule has 1 aliphatic carbocycles. The maximum absolute atomic E-state index is 11.4. The summed E-state index contributed by atoms with van der Waals surface area (Å²) < 4.78 is 0. The zero-order valence-electron chi connectivity index (χ0n) is 12.0. The first-order valence-corrected chi connectivity index (χ1v) is 7.16. The van der Waals surface area contributed by atoms with Crippen LogP contribution < -0.4 is 0 Å². The number of carbonyl (C=O) groups excluding carboxylic acids is 1. The van der Waals surface area contributed by atoms with Crippen molar-refractivity contribution in [3.8, 4) is 0 Å². The average molecular weight is 239 g/mol. The number of aldehydes is 1. The Morgan fingerprint density at radius 3 is 2.24 bits per heavy atom. The SMILES string of the molecule is CC(C)CC(C)N(C)CC1(C=O)CCCCC1. The van der Waals surface area contributed by atoms with Gasteiger partial charge in [-0.1, -0.05) is 33.1 Å². The smallest absolute Gasteiger partial charge is 0.127 e. The molecule has 0 bridgehead atoms. The van der Waals surface area contributed by atoms with Crippen LogP contribution in [0.3, 0.4) is 0 Å². The van der Waals surface area contributed by atoms with Gasteiger partial charge in [0.05, 0.1) is 0 Å². The molecule has 1 unspecified atom stereocenters. The van der Waals surface area contributed by atoms with E-state index in [1.165, 1.54) is 32.0 Å². The average Bonchev–Trinajstić information content (AvgIpc) is 2.29. The van der Waals surface area contributed by atoms with E-state index in [4.69, 9.17) is 0 Å². The van der Waals surface area contributed by atoms with Gasteiger partial charge in [0.2, 0.25) is 0 Å². The zero-order chi connectivity index (χ0) is 12.9. The first-order chi connectivity index (χ1) is 7.99. The van der Waals surface area contributed by atoms with Gasteiger partial charge in [0.1, 0.15) is 6.29 Å². The Hall–Kier alpha value is -0.370. The van der Waals surface area contributed by atoms with Crippen molar-refractivity contribution in [3.05, 3.63) is 0 Å². The minimum Gasteiger partial charge on any atom is -0.303 e. The van der Waals surface area contributed by atoms with Crippen molar-refractivity contribution < 1.29 is 4.79 Å². The van der Waals surface area contributed by atoms with Crippen molar-refractivity contribution in [2.75, 3.05) is 13.6 Å². The molecule has 0 heterocycles. The van der Waals surface area contributed by atoms with Gasteiger partial charge in [0.25, 0.3) is 0 Å². The molecule has 0 amide bonds. The van der Waals surface area contributed by atoms with Gasteiger partial charge >= 0.3 is 0 Å². The molecule has 0 aliphatic heterocycles. The highest BCUT2D eigenvalue weighted by Crippen LogP contribution is 2.35. The molecule has 0 radical (unpaired) electrons. The van der Waals surface area contributed by atoms with Crippen LogP contribution in [0.4, 0.5) is 0 Å². The molecule has 1 saturated carbocycles. The van der Waals surface area contributed by atoms with Crippen molar-refractivity contribution in [3.63, 3.8) is 0 Å². The normalized spacial score (nSPS) is 21.8. The summed E-state index contributed by atoms with van der Waals surface area (Å²) in [6.45, 7) is 7.76. The van der Waals surface area contributed by atoms with E-state index in [0.717, 1.165) is 25.3 Å². The van der Waals surface area contributed by atoms with E-state index in [1.54, 1.807) is 0 Å². The van der Waals surface area contributed by atoms with Gasteiger partial charge < -0.3 is 9.69 Å². The molecule has 2 heteroatoms. The molecule has 1 aliphatic rings. The fraction of sp³-hybridized carbons (Fsp3) is 0.933. The summed E-state index contributed by atoms with van der Waals surface area (Å²) in [6, 6.07) is 0.578. The Morgan fingerprint density at radius 1 is 1.18 bits per heavy atom. The summed E-state index contributed by atoms with van der Waals surface area (Å²) in [5, 5.41) is 0. The summed E-state index contributed by atoms with van der Waals surface area (Å²) >= 11 is 0. The molecule has 0 aromatic carbocycles. The van der Waals surface area contributed by atoms with Crippen LogP contribution in [0.25, 0.3) is 0 Å². The van der Waals surface area contributed by atoms with E-state index in [2.05, 4.69) is 32.7 Å². The quantitative estimate of drug-likeness (QED) is 0.661. The maximum Gasteiger partial charge on any atom is 0.127 e. The predicted molar refractivity (Wildman–Crippen MR) is 73.1 cm³/mol. The highest BCUT2D eigenvalue weighted by atomic mass is 16.1. The Balaban J connectivity index is 2.52. The summed E-state index contributed by atoms with van der Waals surface area (Å²) in [5.74, 6) is 0.728. The lowest BCUT2D eigenvalue weighted by atomic mass is 9.74. The molecule has 17 heavy (non-hydrogen) atoms. The standard InChI is InChI=1S/C15H29NO/c1-13(2)10-14(3)16(4)11-15(12-17)8-6-5-7-9-15/h12-14H,5-11H2,1-4H3. The zero-order valence-corrected chi connectivity index (χ0v) is 12.0. The molecule has 0 spiro atoms. The molecule has 1 atom stereocenters. The van der Waals surface area contributed by atoms with E-state index < -0.39 is 0 Å². The van der Waals surface area contributed by atoms with Crippen LogP contribution in [0, 0.1) is 11.3 Å². The highest BCUT2D eigenvalue weighted by Gasteiger charge is 2.33. The van der Waals surface area contributed by atoms with Gasteiger partial charge in [0, 0.05) is 18.0 Å². The first kappa shape index (κ1) is 14.7. The molecular formula is C15H29NO. The number of nitrogens with zero attached hydrogens (tertiary/aromatic N) is 1. The summed E-state index contributed by atoms with van der Waals surface area (Å²) in [4.78, 5) is 13.8. The second-order valence-electron chi connectivity index (χ2n) is 6.43. The molecule has 0 aromatic heterocycles. The third kappa shape index (κ3) is 4.42. The fourth-order valence-electron chi connectivity index (χ4n) is 3.08. The number of hydrogen-bond acceptors (Lipinski definition) is 2. The third-order valence-electron chi connectivity index (χ3n) is 4.23. The Bertz CT molecular complexity index is 231. The van der Waals surface area contributed by atoms with Gasteiger partial charge in [-0.15, -0.1) is 0 Å². The lowest BCUT2D eigenvalue weighted by Gasteiger charge is -2.38. The maximum atomic E-state index is 11.4. The van der Waals surface area contributed by atoms with E-state index >= 15 is 0 Å². The molecule has 0 saturated heterocycles. The Morgan fingerprint density at radius 2 is 1.76 bits per heavy atom. The van der Waals surface area contributed by atoms with Gasteiger partial charge in [-0.3, -0.25) is 0 Å². The molecule has 100 valence electrons. The van der Waals surface area contributed by atoms with Gasteiger partial charge in [0.15, 0.2) is 0 Å². The minimum atomic E-state index is -0.0434. The molecular weight excluding hydrogens is 210 g/mol. The van der Waals surface area contributed by atoms with Crippen molar-refractivity contribution in [2.45, 2.75) is 65.3 Å². The van der Waals surface area contributed by atoms with Crippen LogP contribution in [-0.2, 0) is 4.79 Å². The van der Waals surface area contributed by atoms with Crippen molar-refractivity contribution >= 4 is 6.29 Å². The Kier molecular flexibility index (Phi) is 5.64. The molecule has 0 N–H and O–H groups in total. The fourth-order valence-corrected chi connectivity index (χ4v) is 3.08. The van der Waals surface area contributed by atoms with Crippen LogP contribution in [-0.4, -0.2) is 30.8 Å². The topological polar surface area (TPSA) is 20.3 Å². The Labute approximate surface area is 107 Å². The summed E-state index contributed by atoms with van der Waals surface area (Å²) in [6.07, 6.45) is 8.40.